The van der Waals surface area contributed by atoms with Crippen LogP contribution in [0.15, 0.2) is 60.3 Å². The molecule has 140 valence electrons. The minimum Gasteiger partial charge on any atom is -0.319 e. The number of hydrogen-bond acceptors (Lipinski definition) is 2. The van der Waals surface area contributed by atoms with Crippen molar-refractivity contribution in [3.63, 3.8) is 0 Å². The quantitative estimate of drug-likeness (QED) is 0.607. The minimum atomic E-state index is -0.340. The first kappa shape index (κ1) is 20.7. The van der Waals surface area contributed by atoms with E-state index < -0.39 is 0 Å². The molecule has 27 heavy (non-hydrogen) atoms. The van der Waals surface area contributed by atoms with Crippen molar-refractivity contribution in [3.05, 3.63) is 82.0 Å². The Bertz CT molecular complexity index is 834. The van der Waals surface area contributed by atoms with Crippen LogP contribution in [0.4, 0.5) is 0 Å². The van der Waals surface area contributed by atoms with Gasteiger partial charge in [0.25, 0.3) is 0 Å². The average Bonchev–Trinajstić information content (AvgIpc) is 2.66. The number of aryl methyl sites for hydroxylation is 1. The topological polar surface area (TPSA) is 46.2 Å². The Kier molecular flexibility index (Phi) is 8.02. The number of ketones is 1. The zero-order valence-corrected chi connectivity index (χ0v) is 16.4. The van der Waals surface area contributed by atoms with Crippen molar-refractivity contribution in [2.75, 3.05) is 0 Å². The third-order valence-electron chi connectivity index (χ3n) is 4.00. The molecule has 0 spiro atoms. The molecule has 2 aromatic rings. The Morgan fingerprint density at radius 2 is 1.63 bits per heavy atom. The predicted molar refractivity (Wildman–Crippen MR) is 112 cm³/mol. The molecule has 0 saturated heterocycles. The van der Waals surface area contributed by atoms with Gasteiger partial charge in [-0.05, 0) is 48.8 Å². The third kappa shape index (κ3) is 7.24. The Labute approximate surface area is 165 Å². The summed E-state index contributed by atoms with van der Waals surface area (Å²) in [6.07, 6.45) is 6.96. The van der Waals surface area contributed by atoms with Crippen LogP contribution in [0.3, 0.4) is 0 Å². The van der Waals surface area contributed by atoms with Gasteiger partial charge in [-0.1, -0.05) is 66.9 Å². The number of unbranched alkanes of at least 4 members (excludes halogenated alkanes) is 1. The van der Waals surface area contributed by atoms with E-state index >= 15 is 0 Å². The van der Waals surface area contributed by atoms with Crippen molar-refractivity contribution in [2.45, 2.75) is 33.1 Å². The molecule has 0 aliphatic carbocycles. The minimum absolute atomic E-state index is 0.0642. The van der Waals surface area contributed by atoms with E-state index in [9.17, 15) is 9.59 Å². The van der Waals surface area contributed by atoms with Crippen molar-refractivity contribution in [2.24, 2.45) is 0 Å². The number of halogens is 1. The number of carbonyl (C=O) groups is 2. The van der Waals surface area contributed by atoms with Crippen molar-refractivity contribution >= 4 is 35.4 Å². The smallest absolute Gasteiger partial charge is 0.248 e. The fourth-order valence-electron chi connectivity index (χ4n) is 2.41. The van der Waals surface area contributed by atoms with Crippen molar-refractivity contribution in [1.82, 2.24) is 5.32 Å². The highest BCUT2D eigenvalue weighted by molar-refractivity contribution is 6.30. The Morgan fingerprint density at radius 1 is 1.00 bits per heavy atom. The molecular formula is C23H24ClNO2. The number of allylic oxidation sites excluding steroid dienone is 1. The van der Waals surface area contributed by atoms with Crippen molar-refractivity contribution < 1.29 is 9.59 Å². The maximum absolute atomic E-state index is 12.5. The largest absolute Gasteiger partial charge is 0.319 e. The molecule has 0 aliphatic rings. The van der Waals surface area contributed by atoms with Gasteiger partial charge in [-0.25, -0.2) is 0 Å². The highest BCUT2D eigenvalue weighted by Gasteiger charge is 2.11. The number of benzene rings is 2. The summed E-state index contributed by atoms with van der Waals surface area (Å²) in [5, 5.41) is 3.37. The molecule has 0 saturated carbocycles. The Balaban J connectivity index is 2.14. The maximum Gasteiger partial charge on any atom is 0.248 e. The van der Waals surface area contributed by atoms with Crippen LogP contribution in [0.5, 0.6) is 0 Å². The van der Waals surface area contributed by atoms with Gasteiger partial charge in [0.15, 0.2) is 5.78 Å². The first-order chi connectivity index (χ1) is 13.0. The van der Waals surface area contributed by atoms with Crippen LogP contribution >= 0.6 is 11.6 Å². The molecule has 1 amide bonds. The van der Waals surface area contributed by atoms with Crippen LogP contribution in [-0.2, 0) is 9.59 Å². The molecule has 0 aliphatic heterocycles. The fourth-order valence-corrected chi connectivity index (χ4v) is 2.53. The van der Waals surface area contributed by atoms with Gasteiger partial charge in [0.05, 0.1) is 5.70 Å². The second-order valence-electron chi connectivity index (χ2n) is 6.37. The lowest BCUT2D eigenvalue weighted by Crippen LogP contribution is -2.25. The maximum atomic E-state index is 12.5. The summed E-state index contributed by atoms with van der Waals surface area (Å²) in [5.41, 5.74) is 3.19. The highest BCUT2D eigenvalue weighted by atomic mass is 35.5. The van der Waals surface area contributed by atoms with E-state index in [1.54, 1.807) is 24.3 Å². The Morgan fingerprint density at radius 3 is 2.26 bits per heavy atom. The number of carbonyl (C=O) groups excluding carboxylic acids is 2. The molecule has 4 heteroatoms. The molecule has 0 heterocycles. The van der Waals surface area contributed by atoms with Gasteiger partial charge in [-0.3, -0.25) is 9.59 Å². The summed E-state index contributed by atoms with van der Waals surface area (Å²) in [6.45, 7) is 4.04. The highest BCUT2D eigenvalue weighted by Crippen LogP contribution is 2.12. The molecular weight excluding hydrogens is 358 g/mol. The second kappa shape index (κ2) is 10.5. The molecule has 1 N–H and O–H groups in total. The van der Waals surface area contributed by atoms with Gasteiger partial charge < -0.3 is 5.32 Å². The lowest BCUT2D eigenvalue weighted by atomic mass is 10.1. The molecule has 0 aromatic heterocycles. The SMILES string of the molecule is CCCCC(=O)/C(=C/c1ccc(C)cc1)NC(=O)/C=C/c1ccc(Cl)cc1. The first-order valence-corrected chi connectivity index (χ1v) is 9.42. The molecule has 2 aromatic carbocycles. The van der Waals surface area contributed by atoms with Crippen LogP contribution < -0.4 is 5.32 Å². The van der Waals surface area contributed by atoms with E-state index in [2.05, 4.69) is 5.32 Å². The average molecular weight is 382 g/mol. The molecule has 0 atom stereocenters. The normalized spacial score (nSPS) is 11.6. The molecule has 3 nitrogen and oxygen atoms in total. The first-order valence-electron chi connectivity index (χ1n) is 9.04. The zero-order valence-electron chi connectivity index (χ0n) is 15.7. The molecule has 2 rings (SSSR count). The predicted octanol–water partition coefficient (Wildman–Crippen LogP) is 5.58. The van der Waals surface area contributed by atoms with E-state index in [4.69, 9.17) is 11.6 Å². The number of rotatable bonds is 8. The number of Topliss-reactive ketones (excluding diaryl/α,β-unsaturated/α-hetero) is 1. The van der Waals surface area contributed by atoms with Crippen LogP contribution in [0.1, 0.15) is 42.9 Å². The Hall–Kier alpha value is -2.65. The third-order valence-corrected chi connectivity index (χ3v) is 4.25. The van der Waals surface area contributed by atoms with Gasteiger partial charge >= 0.3 is 0 Å². The van der Waals surface area contributed by atoms with Crippen LogP contribution in [0.2, 0.25) is 5.02 Å². The standard InChI is InChI=1S/C23H24ClNO2/c1-3-4-5-22(26)21(16-19-8-6-17(2)7-9-19)25-23(27)15-12-18-10-13-20(24)14-11-18/h6-16H,3-5H2,1-2H3,(H,25,27)/b15-12+,21-16-. The van der Waals surface area contributed by atoms with E-state index in [-0.39, 0.29) is 11.7 Å². The van der Waals surface area contributed by atoms with Gasteiger partial charge in [0.1, 0.15) is 0 Å². The molecule has 0 unspecified atom stereocenters. The van der Waals surface area contributed by atoms with E-state index in [1.807, 2.05) is 50.2 Å². The van der Waals surface area contributed by atoms with Gasteiger partial charge in [0.2, 0.25) is 5.91 Å². The van der Waals surface area contributed by atoms with Gasteiger partial charge in [0, 0.05) is 17.5 Å². The molecule has 0 bridgehead atoms. The monoisotopic (exact) mass is 381 g/mol. The summed E-state index contributed by atoms with van der Waals surface area (Å²) in [4.78, 5) is 24.8. The van der Waals surface area contributed by atoms with Crippen LogP contribution in [-0.4, -0.2) is 11.7 Å². The van der Waals surface area contributed by atoms with Gasteiger partial charge in [-0.15, -0.1) is 0 Å². The molecule has 0 fully saturated rings. The lowest BCUT2D eigenvalue weighted by molar-refractivity contribution is -0.120. The van der Waals surface area contributed by atoms with E-state index in [0.29, 0.717) is 17.1 Å². The summed E-state index contributed by atoms with van der Waals surface area (Å²) < 4.78 is 0. The summed E-state index contributed by atoms with van der Waals surface area (Å²) in [6, 6.07) is 15.0. The van der Waals surface area contributed by atoms with E-state index in [1.165, 1.54) is 6.08 Å². The number of hydrogen-bond donors (Lipinski definition) is 1. The number of amides is 1. The van der Waals surface area contributed by atoms with Gasteiger partial charge in [-0.2, -0.15) is 0 Å². The molecule has 0 radical (unpaired) electrons. The van der Waals surface area contributed by atoms with Crippen molar-refractivity contribution in [1.29, 1.82) is 0 Å². The summed E-state index contributed by atoms with van der Waals surface area (Å²) in [5.74, 6) is -0.404. The van der Waals surface area contributed by atoms with Crippen molar-refractivity contribution in [3.8, 4) is 0 Å². The zero-order chi connectivity index (χ0) is 19.6. The second-order valence-corrected chi connectivity index (χ2v) is 6.81. The van der Waals surface area contributed by atoms with Crippen LogP contribution in [0, 0.1) is 6.92 Å². The fraction of sp³-hybridized carbons (Fsp3) is 0.217. The lowest BCUT2D eigenvalue weighted by Gasteiger charge is -2.08. The number of nitrogens with one attached hydrogen (secondary N) is 1. The summed E-state index contributed by atoms with van der Waals surface area (Å²) in [7, 11) is 0. The summed E-state index contributed by atoms with van der Waals surface area (Å²) >= 11 is 5.86. The van der Waals surface area contributed by atoms with E-state index in [0.717, 1.165) is 29.5 Å². The van der Waals surface area contributed by atoms with Crippen LogP contribution in [0.25, 0.3) is 12.2 Å².